The maximum Gasteiger partial charge on any atom is 0.289 e. The molecule has 1 aromatic heterocycles. The lowest BCUT2D eigenvalue weighted by molar-refractivity contribution is -0.141. The van der Waals surface area contributed by atoms with Crippen molar-refractivity contribution in [3.05, 3.63) is 107 Å². The zero-order valence-electron chi connectivity index (χ0n) is 23.4. The Kier molecular flexibility index (Phi) is 9.58. The number of carbonyl (C=O) groups excluding carboxylic acids is 5. The molecule has 3 aromatic carbocycles. The molecule has 1 aliphatic rings. The number of rotatable bonds is 12. The van der Waals surface area contributed by atoms with Crippen LogP contribution in [0.4, 0.5) is 0 Å². The van der Waals surface area contributed by atoms with E-state index >= 15 is 0 Å². The summed E-state index contributed by atoms with van der Waals surface area (Å²) in [6.45, 7) is 0.596. The molecule has 1 fully saturated rings. The molecular weight excluding hydrogens is 564 g/mol. The van der Waals surface area contributed by atoms with Crippen LogP contribution in [0.2, 0.25) is 0 Å². The van der Waals surface area contributed by atoms with E-state index in [2.05, 4.69) is 21.3 Å². The number of carbonyl (C=O) groups is 5. The Balaban J connectivity index is 1.34. The number of hydrogen-bond donors (Lipinski definition) is 4. The standard InChI is InChI=1S/C33H32N4O5S/c38-29(33(42)35-20-22-11-5-2-6-12-22)25(18-24-15-16-34-30(24)39)36-31(40)26(17-21-9-3-1-4-10-21)37-32(41)28-19-23-13-7-8-14-27(23)43-28/h1-14,19,24-26H,15-18,20H2,(H,34,39)(H,35,42)(H,36,40)(H,37,41)/t24-,25-,26-/m0/s1. The number of hydrogen-bond acceptors (Lipinski definition) is 6. The van der Waals surface area contributed by atoms with Crippen LogP contribution in [-0.2, 0) is 32.1 Å². The largest absolute Gasteiger partial charge is 0.356 e. The summed E-state index contributed by atoms with van der Waals surface area (Å²) < 4.78 is 0.943. The zero-order valence-corrected chi connectivity index (χ0v) is 24.2. The van der Waals surface area contributed by atoms with Gasteiger partial charge in [-0.15, -0.1) is 11.3 Å². The van der Waals surface area contributed by atoms with Crippen LogP contribution in [0.15, 0.2) is 91.0 Å². The molecule has 0 saturated carbocycles. The highest BCUT2D eigenvalue weighted by molar-refractivity contribution is 7.20. The lowest BCUT2D eigenvalue weighted by atomic mass is 9.94. The monoisotopic (exact) mass is 596 g/mol. The van der Waals surface area contributed by atoms with E-state index in [1.54, 1.807) is 6.07 Å². The first-order valence-corrected chi connectivity index (χ1v) is 15.0. The van der Waals surface area contributed by atoms with Gasteiger partial charge in [0.15, 0.2) is 0 Å². The van der Waals surface area contributed by atoms with E-state index in [1.165, 1.54) is 11.3 Å². The first-order valence-electron chi connectivity index (χ1n) is 14.1. The van der Waals surface area contributed by atoms with Gasteiger partial charge in [-0.25, -0.2) is 0 Å². The van der Waals surface area contributed by atoms with Crippen LogP contribution >= 0.6 is 11.3 Å². The van der Waals surface area contributed by atoms with Gasteiger partial charge in [0.05, 0.1) is 10.9 Å². The highest BCUT2D eigenvalue weighted by Gasteiger charge is 2.35. The minimum Gasteiger partial charge on any atom is -0.356 e. The Bertz CT molecular complexity index is 1590. The quantitative estimate of drug-likeness (QED) is 0.187. The summed E-state index contributed by atoms with van der Waals surface area (Å²) in [5, 5.41) is 11.8. The molecule has 5 rings (SSSR count). The minimum atomic E-state index is -1.25. The Morgan fingerprint density at radius 2 is 1.51 bits per heavy atom. The number of fused-ring (bicyclic) bond motifs is 1. The fourth-order valence-electron chi connectivity index (χ4n) is 5.06. The van der Waals surface area contributed by atoms with E-state index in [0.717, 1.165) is 21.2 Å². The topological polar surface area (TPSA) is 133 Å². The molecule has 0 radical (unpaired) electrons. The van der Waals surface area contributed by atoms with E-state index in [4.69, 9.17) is 0 Å². The van der Waals surface area contributed by atoms with Gasteiger partial charge in [-0.05, 0) is 41.5 Å². The maximum atomic E-state index is 13.8. The van der Waals surface area contributed by atoms with Crippen LogP contribution in [0, 0.1) is 5.92 Å². The van der Waals surface area contributed by atoms with Crippen molar-refractivity contribution in [3.8, 4) is 0 Å². The maximum absolute atomic E-state index is 13.8. The molecule has 9 nitrogen and oxygen atoms in total. The van der Waals surface area contributed by atoms with Crippen molar-refractivity contribution in [2.75, 3.05) is 6.54 Å². The molecule has 43 heavy (non-hydrogen) atoms. The van der Waals surface area contributed by atoms with E-state index in [9.17, 15) is 24.0 Å². The average molecular weight is 597 g/mol. The van der Waals surface area contributed by atoms with Gasteiger partial charge in [-0.3, -0.25) is 24.0 Å². The fraction of sp³-hybridized carbons (Fsp3) is 0.242. The summed E-state index contributed by atoms with van der Waals surface area (Å²) in [4.78, 5) is 66.2. The van der Waals surface area contributed by atoms with E-state index in [0.29, 0.717) is 17.8 Å². The second kappa shape index (κ2) is 13.9. The molecule has 0 spiro atoms. The van der Waals surface area contributed by atoms with Gasteiger partial charge in [0.2, 0.25) is 17.6 Å². The van der Waals surface area contributed by atoms with Gasteiger partial charge < -0.3 is 21.3 Å². The van der Waals surface area contributed by atoms with Crippen LogP contribution < -0.4 is 21.3 Å². The molecule has 1 saturated heterocycles. The Morgan fingerprint density at radius 3 is 2.19 bits per heavy atom. The van der Waals surface area contributed by atoms with Gasteiger partial charge >= 0.3 is 0 Å². The van der Waals surface area contributed by atoms with Crippen molar-refractivity contribution < 1.29 is 24.0 Å². The summed E-state index contributed by atoms with van der Waals surface area (Å²) in [6, 6.07) is 25.4. The summed E-state index contributed by atoms with van der Waals surface area (Å²) in [7, 11) is 0. The normalized spacial score (nSPS) is 15.7. The molecule has 1 aliphatic heterocycles. The number of ketones is 1. The molecule has 3 atom stereocenters. The van der Waals surface area contributed by atoms with Crippen LogP contribution in [-0.4, -0.2) is 48.0 Å². The van der Waals surface area contributed by atoms with Crippen LogP contribution in [0.1, 0.15) is 33.6 Å². The molecule has 0 unspecified atom stereocenters. The molecule has 220 valence electrons. The third-order valence-electron chi connectivity index (χ3n) is 7.39. The third-order valence-corrected chi connectivity index (χ3v) is 8.50. The van der Waals surface area contributed by atoms with E-state index in [1.807, 2.05) is 84.9 Å². The van der Waals surface area contributed by atoms with Crippen molar-refractivity contribution in [1.82, 2.24) is 21.3 Å². The highest BCUT2D eigenvalue weighted by Crippen LogP contribution is 2.25. The van der Waals surface area contributed by atoms with Gasteiger partial charge in [0.1, 0.15) is 6.04 Å². The van der Waals surface area contributed by atoms with Crippen molar-refractivity contribution >= 4 is 50.8 Å². The van der Waals surface area contributed by atoms with Gasteiger partial charge in [0.25, 0.3) is 11.8 Å². The van der Waals surface area contributed by atoms with Crippen molar-refractivity contribution in [2.45, 2.75) is 37.9 Å². The van der Waals surface area contributed by atoms with Crippen molar-refractivity contribution in [1.29, 1.82) is 0 Å². The first-order chi connectivity index (χ1) is 20.9. The Hall–Kier alpha value is -4.83. The van der Waals surface area contributed by atoms with E-state index in [-0.39, 0.29) is 25.3 Å². The van der Waals surface area contributed by atoms with Crippen molar-refractivity contribution in [3.63, 3.8) is 0 Å². The minimum absolute atomic E-state index is 0.0303. The first kappa shape index (κ1) is 29.7. The van der Waals surface area contributed by atoms with Crippen LogP contribution in [0.3, 0.4) is 0 Å². The smallest absolute Gasteiger partial charge is 0.289 e. The number of nitrogens with one attached hydrogen (secondary N) is 4. The summed E-state index contributed by atoms with van der Waals surface area (Å²) in [5.41, 5.74) is 1.62. The predicted molar refractivity (Wildman–Crippen MR) is 164 cm³/mol. The number of Topliss-reactive ketones (excluding diaryl/α,β-unsaturated/α-hetero) is 1. The SMILES string of the molecule is O=C(NCc1ccccc1)C(=O)[C@H](C[C@@H]1CCNC1=O)NC(=O)[C@H](Cc1ccccc1)NC(=O)c1cc2ccccc2s1. The number of amides is 4. The molecule has 2 heterocycles. The number of thiophene rings is 1. The lowest BCUT2D eigenvalue weighted by Gasteiger charge is -2.24. The van der Waals surface area contributed by atoms with Gasteiger partial charge in [-0.1, -0.05) is 78.9 Å². The van der Waals surface area contributed by atoms with Crippen LogP contribution in [0.5, 0.6) is 0 Å². The summed E-state index contributed by atoms with van der Waals surface area (Å²) in [6.07, 6.45) is 0.617. The molecular formula is C33H32N4O5S. The van der Waals surface area contributed by atoms with E-state index < -0.39 is 41.5 Å². The van der Waals surface area contributed by atoms with Gasteiger partial charge in [0, 0.05) is 30.1 Å². The molecule has 10 heteroatoms. The zero-order chi connectivity index (χ0) is 30.2. The summed E-state index contributed by atoms with van der Waals surface area (Å²) >= 11 is 1.32. The van der Waals surface area contributed by atoms with Crippen molar-refractivity contribution in [2.24, 2.45) is 5.92 Å². The number of benzene rings is 3. The molecule has 0 bridgehead atoms. The fourth-order valence-corrected chi connectivity index (χ4v) is 6.03. The molecule has 4 aromatic rings. The molecule has 0 aliphatic carbocycles. The Labute approximate surface area is 253 Å². The molecule has 4 amide bonds. The van der Waals surface area contributed by atoms with Crippen LogP contribution in [0.25, 0.3) is 10.1 Å². The average Bonchev–Trinajstić information content (AvgIpc) is 3.65. The second-order valence-electron chi connectivity index (χ2n) is 10.5. The Morgan fingerprint density at radius 1 is 0.837 bits per heavy atom. The third kappa shape index (κ3) is 7.72. The van der Waals surface area contributed by atoms with Gasteiger partial charge in [-0.2, -0.15) is 0 Å². The predicted octanol–water partition coefficient (Wildman–Crippen LogP) is 3.14. The highest BCUT2D eigenvalue weighted by atomic mass is 32.1. The molecule has 4 N–H and O–H groups in total. The lowest BCUT2D eigenvalue weighted by Crippen LogP contribution is -2.55. The summed E-state index contributed by atoms with van der Waals surface area (Å²) in [5.74, 6) is -3.51. The second-order valence-corrected chi connectivity index (χ2v) is 11.6.